The zero-order chi connectivity index (χ0) is 23.1. The van der Waals surface area contributed by atoms with Crippen molar-refractivity contribution >= 4 is 23.4 Å². The summed E-state index contributed by atoms with van der Waals surface area (Å²) in [4.78, 5) is 17.0. The number of rotatable bonds is 4. The Balaban J connectivity index is 1.38. The van der Waals surface area contributed by atoms with E-state index in [-0.39, 0.29) is 11.7 Å². The van der Waals surface area contributed by atoms with Gasteiger partial charge in [0.05, 0.1) is 13.2 Å². The first kappa shape index (κ1) is 21.7. The summed E-state index contributed by atoms with van der Waals surface area (Å²) < 4.78 is 19.5. The van der Waals surface area contributed by atoms with Crippen LogP contribution in [0.1, 0.15) is 31.4 Å². The number of nitrogens with one attached hydrogen (secondary N) is 1. The van der Waals surface area contributed by atoms with E-state index in [4.69, 9.17) is 4.74 Å². The number of anilines is 2. The fourth-order valence-corrected chi connectivity index (χ4v) is 5.31. The third kappa shape index (κ3) is 3.72. The van der Waals surface area contributed by atoms with Gasteiger partial charge in [0.1, 0.15) is 11.5 Å². The summed E-state index contributed by atoms with van der Waals surface area (Å²) in [6, 6.07) is 13.4. The van der Waals surface area contributed by atoms with Crippen molar-refractivity contribution in [3.8, 4) is 0 Å². The predicted molar refractivity (Wildman–Crippen MR) is 130 cm³/mol. The van der Waals surface area contributed by atoms with Crippen molar-refractivity contribution in [3.05, 3.63) is 77.6 Å². The molecule has 3 aliphatic rings. The second-order valence-electron chi connectivity index (χ2n) is 9.41. The van der Waals surface area contributed by atoms with Gasteiger partial charge in [-0.25, -0.2) is 4.39 Å². The van der Waals surface area contributed by atoms with Gasteiger partial charge in [0.2, 0.25) is 5.91 Å². The number of morpholine rings is 1. The van der Waals surface area contributed by atoms with Crippen LogP contribution in [-0.2, 0) is 14.9 Å². The highest BCUT2D eigenvalue weighted by molar-refractivity contribution is 5.84. The first-order valence-electron chi connectivity index (χ1n) is 11.6. The molecule has 33 heavy (non-hydrogen) atoms. The summed E-state index contributed by atoms with van der Waals surface area (Å²) in [6.45, 7) is 8.12. The maximum atomic E-state index is 14.1. The maximum Gasteiger partial charge on any atom is 0.223 e. The molecule has 2 fully saturated rings. The standard InChI is InChI=1S/C27H30FN3O2/c1-26(2)23-19-21(28)8-11-24(23)31-14-12-25(32)29-27(26,31)13-4-3-5-20-6-9-22(10-7-20)30-15-17-33-18-16-30/h3-11,13,19H,12,14-18H2,1-2H3,(H,29,32)/b5-3+,13-4+/t27-/m0/s1. The number of ether oxygens (including phenoxy) is 1. The number of allylic oxidation sites excluding steroid dienone is 2. The summed E-state index contributed by atoms with van der Waals surface area (Å²) in [5, 5.41) is 3.22. The average Bonchev–Trinajstić information content (AvgIpc) is 3.01. The van der Waals surface area contributed by atoms with Crippen LogP contribution in [-0.4, -0.2) is 44.4 Å². The minimum Gasteiger partial charge on any atom is -0.378 e. The zero-order valence-electron chi connectivity index (χ0n) is 19.2. The molecular weight excluding hydrogens is 417 g/mol. The molecule has 5 nitrogen and oxygen atoms in total. The number of carbonyl (C=O) groups excluding carboxylic acids is 1. The van der Waals surface area contributed by atoms with Crippen molar-refractivity contribution in [2.45, 2.75) is 31.3 Å². The van der Waals surface area contributed by atoms with E-state index >= 15 is 0 Å². The molecule has 2 saturated heterocycles. The van der Waals surface area contributed by atoms with Gasteiger partial charge in [-0.05, 0) is 47.5 Å². The number of halogens is 1. The molecular formula is C27H30FN3O2. The van der Waals surface area contributed by atoms with Gasteiger partial charge >= 0.3 is 0 Å². The van der Waals surface area contributed by atoms with Crippen molar-refractivity contribution in [3.63, 3.8) is 0 Å². The summed E-state index contributed by atoms with van der Waals surface area (Å²) in [5.41, 5.74) is 2.98. The molecule has 0 unspecified atom stereocenters. The number of nitrogens with zero attached hydrogens (tertiary/aromatic N) is 2. The minimum atomic E-state index is -0.733. The van der Waals surface area contributed by atoms with E-state index in [0.717, 1.165) is 43.1 Å². The Morgan fingerprint density at radius 1 is 1.03 bits per heavy atom. The minimum absolute atomic E-state index is 0.0138. The lowest BCUT2D eigenvalue weighted by Crippen LogP contribution is -2.68. The van der Waals surface area contributed by atoms with Crippen LogP contribution in [0.25, 0.3) is 6.08 Å². The molecule has 0 saturated carbocycles. The molecule has 1 amide bonds. The van der Waals surface area contributed by atoms with Crippen LogP contribution in [0.15, 0.2) is 60.7 Å². The number of carbonyl (C=O) groups is 1. The number of hydrogen-bond donors (Lipinski definition) is 1. The van der Waals surface area contributed by atoms with Crippen LogP contribution in [0, 0.1) is 5.82 Å². The van der Waals surface area contributed by atoms with Crippen LogP contribution in [0.5, 0.6) is 0 Å². The van der Waals surface area contributed by atoms with Crippen LogP contribution in [0.2, 0.25) is 0 Å². The van der Waals surface area contributed by atoms with Gasteiger partial charge in [-0.2, -0.15) is 0 Å². The SMILES string of the molecule is CC1(C)c2cc(F)ccc2N2CCC(=O)N[C@@]21/C=C/C=C/c1ccc(N2CCOCC2)cc1. The lowest BCUT2D eigenvalue weighted by molar-refractivity contribution is -0.124. The molecule has 1 N–H and O–H groups in total. The molecule has 2 aromatic rings. The largest absolute Gasteiger partial charge is 0.378 e. The second-order valence-corrected chi connectivity index (χ2v) is 9.41. The number of fused-ring (bicyclic) bond motifs is 3. The zero-order valence-corrected chi connectivity index (χ0v) is 19.2. The van der Waals surface area contributed by atoms with Gasteiger partial charge < -0.3 is 19.9 Å². The van der Waals surface area contributed by atoms with Crippen LogP contribution in [0.4, 0.5) is 15.8 Å². The van der Waals surface area contributed by atoms with Gasteiger partial charge in [0, 0.05) is 42.8 Å². The molecule has 0 radical (unpaired) electrons. The Morgan fingerprint density at radius 2 is 1.79 bits per heavy atom. The fraction of sp³-hybridized carbons (Fsp3) is 0.370. The Labute approximate surface area is 194 Å². The molecule has 5 rings (SSSR count). The van der Waals surface area contributed by atoms with Gasteiger partial charge in [-0.3, -0.25) is 4.79 Å². The third-order valence-corrected chi connectivity index (χ3v) is 7.20. The molecule has 3 heterocycles. The van der Waals surface area contributed by atoms with E-state index in [1.807, 2.05) is 24.3 Å². The van der Waals surface area contributed by atoms with Crippen LogP contribution in [0.3, 0.4) is 0 Å². The molecule has 0 aliphatic carbocycles. The molecule has 0 bridgehead atoms. The second kappa shape index (κ2) is 8.34. The average molecular weight is 448 g/mol. The van der Waals surface area contributed by atoms with E-state index in [2.05, 4.69) is 59.3 Å². The molecule has 2 aromatic carbocycles. The van der Waals surface area contributed by atoms with Gasteiger partial charge in [-0.1, -0.05) is 44.2 Å². The Hall–Kier alpha value is -3.12. The van der Waals surface area contributed by atoms with Crippen molar-refractivity contribution in [2.24, 2.45) is 0 Å². The van der Waals surface area contributed by atoms with Crippen LogP contribution >= 0.6 is 0 Å². The first-order valence-corrected chi connectivity index (χ1v) is 11.6. The summed E-state index contributed by atoms with van der Waals surface area (Å²) in [7, 11) is 0. The monoisotopic (exact) mass is 447 g/mol. The lowest BCUT2D eigenvalue weighted by atomic mass is 9.74. The molecule has 1 atom stereocenters. The van der Waals surface area contributed by atoms with E-state index in [1.165, 1.54) is 11.8 Å². The van der Waals surface area contributed by atoms with E-state index in [1.54, 1.807) is 6.07 Å². The molecule has 6 heteroatoms. The van der Waals surface area contributed by atoms with E-state index in [0.29, 0.717) is 13.0 Å². The highest BCUT2D eigenvalue weighted by Crippen LogP contribution is 2.52. The molecule has 0 aromatic heterocycles. The summed E-state index contributed by atoms with van der Waals surface area (Å²) in [5.74, 6) is -0.243. The Morgan fingerprint density at radius 3 is 2.55 bits per heavy atom. The molecule has 0 spiro atoms. The van der Waals surface area contributed by atoms with Crippen molar-refractivity contribution in [2.75, 3.05) is 42.6 Å². The number of amides is 1. The Kier molecular flexibility index (Phi) is 5.49. The van der Waals surface area contributed by atoms with Crippen molar-refractivity contribution in [1.29, 1.82) is 0 Å². The Bertz CT molecular complexity index is 1100. The van der Waals surface area contributed by atoms with Gasteiger partial charge in [0.15, 0.2) is 0 Å². The number of benzene rings is 2. The van der Waals surface area contributed by atoms with Gasteiger partial charge in [-0.15, -0.1) is 0 Å². The van der Waals surface area contributed by atoms with Crippen LogP contribution < -0.4 is 15.1 Å². The normalized spacial score (nSPS) is 24.3. The fourth-order valence-electron chi connectivity index (χ4n) is 5.31. The molecule has 172 valence electrons. The summed E-state index contributed by atoms with van der Waals surface area (Å²) in [6.07, 6.45) is 8.50. The predicted octanol–water partition coefficient (Wildman–Crippen LogP) is 4.25. The topological polar surface area (TPSA) is 44.8 Å². The van der Waals surface area contributed by atoms with E-state index in [9.17, 15) is 9.18 Å². The van der Waals surface area contributed by atoms with Crippen molar-refractivity contribution < 1.29 is 13.9 Å². The van der Waals surface area contributed by atoms with Gasteiger partial charge in [0.25, 0.3) is 0 Å². The van der Waals surface area contributed by atoms with E-state index < -0.39 is 11.1 Å². The molecule has 3 aliphatic heterocycles. The summed E-state index contributed by atoms with van der Waals surface area (Å²) >= 11 is 0. The first-order chi connectivity index (χ1) is 15.9. The third-order valence-electron chi connectivity index (χ3n) is 7.20. The maximum absolute atomic E-state index is 14.1. The lowest BCUT2D eigenvalue weighted by Gasteiger charge is -2.49. The quantitative estimate of drug-likeness (QED) is 0.712. The highest BCUT2D eigenvalue weighted by atomic mass is 19.1. The van der Waals surface area contributed by atoms with Crippen molar-refractivity contribution in [1.82, 2.24) is 5.32 Å². The highest BCUT2D eigenvalue weighted by Gasteiger charge is 2.57. The smallest absolute Gasteiger partial charge is 0.223 e. The number of hydrogen-bond acceptors (Lipinski definition) is 4.